The first-order valence-corrected chi connectivity index (χ1v) is 8.75. The smallest absolute Gasteiger partial charge is 0.261 e. The molecule has 0 bridgehead atoms. The summed E-state index contributed by atoms with van der Waals surface area (Å²) in [5.74, 6) is 0.391. The molecule has 1 amide bonds. The molecule has 0 unspecified atom stereocenters. The molecule has 0 saturated heterocycles. The van der Waals surface area contributed by atoms with Crippen molar-refractivity contribution in [1.29, 1.82) is 0 Å². The summed E-state index contributed by atoms with van der Waals surface area (Å²) < 4.78 is 18.7. The average molecular weight is 343 g/mol. The van der Waals surface area contributed by atoms with Gasteiger partial charge in [-0.05, 0) is 74.1 Å². The molecule has 0 aliphatic heterocycles. The van der Waals surface area contributed by atoms with E-state index in [-0.39, 0.29) is 11.7 Å². The van der Waals surface area contributed by atoms with Gasteiger partial charge in [0.1, 0.15) is 11.6 Å². The van der Waals surface area contributed by atoms with Crippen molar-refractivity contribution in [2.24, 2.45) is 0 Å². The Labute approximate surface area is 149 Å². The summed E-state index contributed by atoms with van der Waals surface area (Å²) in [6, 6.07) is 12.3. The van der Waals surface area contributed by atoms with Gasteiger partial charge in [0.05, 0.1) is 0 Å². The number of halogens is 1. The number of ether oxygens (including phenoxy) is 1. The van der Waals surface area contributed by atoms with E-state index in [1.165, 1.54) is 17.7 Å². The summed E-state index contributed by atoms with van der Waals surface area (Å²) in [7, 11) is 0. The first-order valence-electron chi connectivity index (χ1n) is 8.75. The summed E-state index contributed by atoms with van der Waals surface area (Å²) in [6.45, 7) is 6.58. The standard InChI is InChI=1S/C21H26FNO2/c1-4-20(25-19-12-7-15(2)16(3)14-19)21(24)23-13-5-6-17-8-10-18(22)11-9-17/h7-12,14,20H,4-6,13H2,1-3H3,(H,23,24)/t20-/m0/s1. The van der Waals surface area contributed by atoms with E-state index in [1.54, 1.807) is 12.1 Å². The van der Waals surface area contributed by atoms with Crippen LogP contribution in [0, 0.1) is 19.7 Å². The molecule has 0 spiro atoms. The minimum absolute atomic E-state index is 0.0974. The molecular weight excluding hydrogens is 317 g/mol. The predicted molar refractivity (Wildman–Crippen MR) is 98.4 cm³/mol. The van der Waals surface area contributed by atoms with E-state index in [0.29, 0.717) is 13.0 Å². The highest BCUT2D eigenvalue weighted by atomic mass is 19.1. The zero-order chi connectivity index (χ0) is 18.2. The van der Waals surface area contributed by atoms with Crippen LogP contribution < -0.4 is 10.1 Å². The Balaban J connectivity index is 1.79. The third-order valence-electron chi connectivity index (χ3n) is 4.27. The van der Waals surface area contributed by atoms with Gasteiger partial charge < -0.3 is 10.1 Å². The number of benzene rings is 2. The van der Waals surface area contributed by atoms with Crippen molar-refractivity contribution in [3.63, 3.8) is 0 Å². The van der Waals surface area contributed by atoms with E-state index in [1.807, 2.05) is 39.0 Å². The van der Waals surface area contributed by atoms with Crippen molar-refractivity contribution in [2.75, 3.05) is 6.54 Å². The molecule has 0 heterocycles. The Kier molecular flexibility index (Phi) is 6.99. The molecule has 1 atom stereocenters. The number of hydrogen-bond donors (Lipinski definition) is 1. The fourth-order valence-corrected chi connectivity index (χ4v) is 2.54. The Morgan fingerprint density at radius 2 is 1.84 bits per heavy atom. The lowest BCUT2D eigenvalue weighted by atomic mass is 10.1. The lowest BCUT2D eigenvalue weighted by Crippen LogP contribution is -2.38. The normalized spacial score (nSPS) is 11.8. The first kappa shape index (κ1) is 19.0. The van der Waals surface area contributed by atoms with E-state index < -0.39 is 6.10 Å². The fourth-order valence-electron chi connectivity index (χ4n) is 2.54. The largest absolute Gasteiger partial charge is 0.481 e. The number of carbonyl (C=O) groups is 1. The van der Waals surface area contributed by atoms with Crippen LogP contribution in [0.3, 0.4) is 0 Å². The highest BCUT2D eigenvalue weighted by molar-refractivity contribution is 5.81. The zero-order valence-electron chi connectivity index (χ0n) is 15.1. The molecule has 0 aromatic heterocycles. The van der Waals surface area contributed by atoms with E-state index >= 15 is 0 Å². The van der Waals surface area contributed by atoms with Crippen molar-refractivity contribution in [2.45, 2.75) is 46.1 Å². The van der Waals surface area contributed by atoms with Crippen LogP contribution in [0.5, 0.6) is 5.75 Å². The Bertz CT molecular complexity index is 698. The summed E-state index contributed by atoms with van der Waals surface area (Å²) in [6.07, 6.45) is 1.72. The van der Waals surface area contributed by atoms with Gasteiger partial charge in [-0.3, -0.25) is 4.79 Å². The molecule has 25 heavy (non-hydrogen) atoms. The third-order valence-corrected chi connectivity index (χ3v) is 4.27. The van der Waals surface area contributed by atoms with Gasteiger partial charge in [-0.1, -0.05) is 25.1 Å². The molecule has 0 aliphatic rings. The van der Waals surface area contributed by atoms with Crippen molar-refractivity contribution >= 4 is 5.91 Å². The summed E-state index contributed by atoms with van der Waals surface area (Å²) >= 11 is 0. The lowest BCUT2D eigenvalue weighted by Gasteiger charge is -2.18. The second kappa shape index (κ2) is 9.21. The van der Waals surface area contributed by atoms with Gasteiger partial charge in [-0.15, -0.1) is 0 Å². The number of rotatable bonds is 8. The predicted octanol–water partition coefficient (Wildman–Crippen LogP) is 4.35. The summed E-state index contributed by atoms with van der Waals surface area (Å²) in [4.78, 5) is 12.3. The van der Waals surface area contributed by atoms with Gasteiger partial charge >= 0.3 is 0 Å². The van der Waals surface area contributed by atoms with Crippen LogP contribution >= 0.6 is 0 Å². The van der Waals surface area contributed by atoms with Gasteiger partial charge in [-0.2, -0.15) is 0 Å². The minimum atomic E-state index is -0.493. The van der Waals surface area contributed by atoms with Gasteiger partial charge in [0.15, 0.2) is 6.10 Å². The highest BCUT2D eigenvalue weighted by Gasteiger charge is 2.17. The quantitative estimate of drug-likeness (QED) is 0.724. The van der Waals surface area contributed by atoms with Gasteiger partial charge in [0.2, 0.25) is 0 Å². The van der Waals surface area contributed by atoms with Crippen molar-refractivity contribution in [3.8, 4) is 5.75 Å². The van der Waals surface area contributed by atoms with E-state index in [0.717, 1.165) is 29.7 Å². The number of hydrogen-bond acceptors (Lipinski definition) is 2. The van der Waals surface area contributed by atoms with E-state index in [4.69, 9.17) is 4.74 Å². The Morgan fingerprint density at radius 3 is 2.48 bits per heavy atom. The molecule has 0 saturated carbocycles. The number of aryl methyl sites for hydroxylation is 3. The molecule has 134 valence electrons. The van der Waals surface area contributed by atoms with Crippen LogP contribution in [-0.2, 0) is 11.2 Å². The molecule has 0 radical (unpaired) electrons. The fraction of sp³-hybridized carbons (Fsp3) is 0.381. The van der Waals surface area contributed by atoms with Crippen LogP contribution in [-0.4, -0.2) is 18.6 Å². The van der Waals surface area contributed by atoms with E-state index in [9.17, 15) is 9.18 Å². The van der Waals surface area contributed by atoms with Crippen molar-refractivity contribution in [1.82, 2.24) is 5.32 Å². The summed E-state index contributed by atoms with van der Waals surface area (Å²) in [5, 5.41) is 2.92. The van der Waals surface area contributed by atoms with E-state index in [2.05, 4.69) is 5.32 Å². The molecule has 3 nitrogen and oxygen atoms in total. The maximum atomic E-state index is 12.9. The third kappa shape index (κ3) is 5.89. The second-order valence-electron chi connectivity index (χ2n) is 6.28. The minimum Gasteiger partial charge on any atom is -0.481 e. The molecule has 2 aromatic rings. The van der Waals surface area contributed by atoms with Crippen LogP contribution in [0.25, 0.3) is 0 Å². The lowest BCUT2D eigenvalue weighted by molar-refractivity contribution is -0.128. The second-order valence-corrected chi connectivity index (χ2v) is 6.28. The van der Waals surface area contributed by atoms with Crippen LogP contribution in [0.4, 0.5) is 4.39 Å². The van der Waals surface area contributed by atoms with Crippen LogP contribution in [0.1, 0.15) is 36.5 Å². The maximum Gasteiger partial charge on any atom is 0.261 e. The van der Waals surface area contributed by atoms with Crippen molar-refractivity contribution < 1.29 is 13.9 Å². The SMILES string of the molecule is CC[C@H](Oc1ccc(C)c(C)c1)C(=O)NCCCc1ccc(F)cc1. The molecule has 0 aliphatic carbocycles. The number of amides is 1. The zero-order valence-corrected chi connectivity index (χ0v) is 15.1. The monoisotopic (exact) mass is 343 g/mol. The molecule has 1 N–H and O–H groups in total. The average Bonchev–Trinajstić information content (AvgIpc) is 2.61. The van der Waals surface area contributed by atoms with Gasteiger partial charge in [0, 0.05) is 6.54 Å². The molecule has 2 aromatic carbocycles. The molecule has 0 fully saturated rings. The Morgan fingerprint density at radius 1 is 1.12 bits per heavy atom. The van der Waals surface area contributed by atoms with Crippen LogP contribution in [0.2, 0.25) is 0 Å². The Hall–Kier alpha value is -2.36. The highest BCUT2D eigenvalue weighted by Crippen LogP contribution is 2.18. The van der Waals surface area contributed by atoms with Crippen LogP contribution in [0.15, 0.2) is 42.5 Å². The summed E-state index contributed by atoms with van der Waals surface area (Å²) in [5.41, 5.74) is 3.41. The maximum absolute atomic E-state index is 12.9. The topological polar surface area (TPSA) is 38.3 Å². The van der Waals surface area contributed by atoms with Gasteiger partial charge in [-0.25, -0.2) is 4.39 Å². The van der Waals surface area contributed by atoms with Gasteiger partial charge in [0.25, 0.3) is 5.91 Å². The molecular formula is C21H26FNO2. The first-order chi connectivity index (χ1) is 12.0. The number of carbonyl (C=O) groups excluding carboxylic acids is 1. The number of nitrogens with one attached hydrogen (secondary N) is 1. The van der Waals surface area contributed by atoms with Crippen molar-refractivity contribution in [3.05, 3.63) is 65.0 Å². The molecule has 2 rings (SSSR count). The molecule has 4 heteroatoms.